The molecule has 10 heterocycles. The summed E-state index contributed by atoms with van der Waals surface area (Å²) in [7, 11) is 0. The van der Waals surface area contributed by atoms with E-state index >= 15 is 0 Å². The number of aromatic nitrogens is 6. The highest BCUT2D eigenvalue weighted by Crippen LogP contribution is 2.43. The van der Waals surface area contributed by atoms with Crippen molar-refractivity contribution in [3.63, 3.8) is 0 Å². The third-order valence-corrected chi connectivity index (χ3v) is 23.6. The van der Waals surface area contributed by atoms with Gasteiger partial charge in [-0.05, 0) is 133 Å². The number of aryl methyl sites for hydroxylation is 4. The number of carbonyl (C=O) groups excluding carboxylic acids is 10. The maximum Gasteiger partial charge on any atom is 0.470 e. The lowest BCUT2D eigenvalue weighted by molar-refractivity contribution is -0.169. The van der Waals surface area contributed by atoms with Crippen LogP contribution in [-0.4, -0.2) is 152 Å². The number of hydrogen-bond acceptors (Lipinski definition) is 21. The first-order chi connectivity index (χ1) is 55.9. The Balaban J connectivity index is 0.000000181. The van der Waals surface area contributed by atoms with E-state index in [9.17, 15) is 66.2 Å². The Labute approximate surface area is 690 Å². The van der Waals surface area contributed by atoms with E-state index in [-0.39, 0.29) is 72.5 Å². The highest BCUT2D eigenvalue weighted by atomic mass is 35.5. The largest absolute Gasteiger partial charge is 0.493 e. The van der Waals surface area contributed by atoms with Gasteiger partial charge in [0, 0.05) is 67.7 Å². The van der Waals surface area contributed by atoms with Crippen LogP contribution in [0.2, 0.25) is 10.0 Å². The summed E-state index contributed by atoms with van der Waals surface area (Å²) in [4.78, 5) is 148. The number of fused-ring (bicyclic) bond motifs is 8. The standard InChI is InChI=1S/C41H43ClN6O6S.C21H26N2O5.C19H17ClN4O2S.C2H2F3NO/c1-23-24(2)55-41-34(23)36(26-15-17-27(42)18-16-26)43-30(37-46-45-25(3)47(37)41)22-28(49)12-9-7-5-4-6-8-10-21-54-32-14-11-13-29-35(32)40(53)48(39(29)52)31-19-20-33(50)44-38(31)51;1-2-3-4-5-6-7-13-28-16-10-8-9-14-18(16)21(27)23(20(14)26)15-11-12-17(24)22-19(15)25;1-9-10(2)27-19-16(9)17(12-4-6-13(20)7-5-12)21-14(8-15(25)26)18-23-22-11(3)24(18)19;3-2(4,5)1(6)7/h11,13-18,30-31H,4-10,12,19-22H2,1-3H3,(H,44,50,51);8-10,15H,2-7,11-13H2,1H3,(H,22,24,25);4-7,14H,8H2,1-3H3,(H,25,26);(H2,6,7)/t30-,31?;;14-;/m0.0./s1. The molecule has 9 amide bonds. The molecule has 117 heavy (non-hydrogen) atoms. The van der Waals surface area contributed by atoms with Crippen molar-refractivity contribution in [2.45, 2.75) is 207 Å². The summed E-state index contributed by atoms with van der Waals surface area (Å²) in [5.74, 6) is -3.83. The van der Waals surface area contributed by atoms with E-state index in [0.29, 0.717) is 52.8 Å². The fourth-order valence-corrected chi connectivity index (χ4v) is 17.2. The molecule has 4 atom stereocenters. The van der Waals surface area contributed by atoms with Gasteiger partial charge in [0.15, 0.2) is 11.6 Å². The number of rotatable bonds is 27. The van der Waals surface area contributed by atoms with Gasteiger partial charge in [0.05, 0.1) is 53.3 Å². The molecule has 2 fully saturated rings. The number of imide groups is 4. The summed E-state index contributed by atoms with van der Waals surface area (Å²) < 4.78 is 47.9. The highest BCUT2D eigenvalue weighted by molar-refractivity contribution is 7.15. The molecule has 6 aliphatic heterocycles. The molecular weight excluding hydrogens is 1600 g/mol. The number of nitrogens with two attached hydrogens (primary N) is 1. The van der Waals surface area contributed by atoms with Crippen LogP contribution in [0.1, 0.15) is 255 Å². The number of unbranched alkanes of at least 4 members (excludes halogenated alkanes) is 11. The maximum atomic E-state index is 13.4. The molecule has 0 bridgehead atoms. The van der Waals surface area contributed by atoms with Gasteiger partial charge < -0.3 is 20.3 Å². The lowest BCUT2D eigenvalue weighted by Gasteiger charge is -2.27. The van der Waals surface area contributed by atoms with E-state index in [1.165, 1.54) is 29.0 Å². The van der Waals surface area contributed by atoms with Gasteiger partial charge in [-0.2, -0.15) is 13.2 Å². The number of carbonyl (C=O) groups is 11. The Hall–Kier alpha value is -11.0. The van der Waals surface area contributed by atoms with Crippen molar-refractivity contribution in [3.8, 4) is 21.5 Å². The van der Waals surface area contributed by atoms with Crippen molar-refractivity contribution < 1.29 is 80.5 Å². The maximum absolute atomic E-state index is 13.4. The van der Waals surface area contributed by atoms with E-state index in [2.05, 4.69) is 75.9 Å². The molecule has 0 aliphatic carbocycles. The van der Waals surface area contributed by atoms with Crippen molar-refractivity contribution in [2.75, 3.05) is 13.2 Å². The number of aliphatic carboxylic acids is 1. The van der Waals surface area contributed by atoms with Crippen LogP contribution < -0.4 is 25.8 Å². The van der Waals surface area contributed by atoms with Gasteiger partial charge in [0.25, 0.3) is 23.6 Å². The number of Topliss-reactive ketones (excluding diaryl/α,β-unsaturated/α-hetero) is 1. The number of alkyl halides is 3. The minimum absolute atomic E-state index is 0.0659. The normalized spacial score (nSPS) is 17.2. The molecule has 2 saturated heterocycles. The minimum Gasteiger partial charge on any atom is -0.493 e. The third-order valence-electron chi connectivity index (χ3n) is 20.8. The first-order valence-corrected chi connectivity index (χ1v) is 41.0. The monoisotopic (exact) mass is 1680 g/mol. The summed E-state index contributed by atoms with van der Waals surface area (Å²) in [6, 6.07) is 21.9. The quantitative estimate of drug-likeness (QED) is 0.0274. The summed E-state index contributed by atoms with van der Waals surface area (Å²) in [5, 5.41) is 34.5. The van der Waals surface area contributed by atoms with Crippen LogP contribution in [0, 0.1) is 41.5 Å². The summed E-state index contributed by atoms with van der Waals surface area (Å²) in [6.45, 7) is 15.2. The minimum atomic E-state index is -4.86. The second-order valence-corrected chi connectivity index (χ2v) is 32.2. The molecule has 0 saturated carbocycles. The zero-order valence-electron chi connectivity index (χ0n) is 65.5. The number of halogens is 5. The van der Waals surface area contributed by atoms with E-state index in [1.807, 2.05) is 66.9 Å². The molecule has 6 aliphatic rings. The number of carboxylic acid groups (broad SMARTS) is 1. The van der Waals surface area contributed by atoms with Gasteiger partial charge in [0.1, 0.15) is 63.1 Å². The van der Waals surface area contributed by atoms with Gasteiger partial charge >= 0.3 is 18.1 Å². The first kappa shape index (κ1) is 86.9. The lowest BCUT2D eigenvalue weighted by Crippen LogP contribution is -2.54. The number of carboxylic acids is 1. The van der Waals surface area contributed by atoms with Gasteiger partial charge in [0.2, 0.25) is 23.6 Å². The van der Waals surface area contributed by atoms with Crippen LogP contribution in [0.3, 0.4) is 0 Å². The van der Waals surface area contributed by atoms with Crippen molar-refractivity contribution in [1.29, 1.82) is 0 Å². The molecule has 8 aromatic rings. The van der Waals surface area contributed by atoms with Crippen LogP contribution >= 0.6 is 45.9 Å². The number of ketones is 1. The van der Waals surface area contributed by atoms with Crippen LogP contribution in [0.25, 0.3) is 10.0 Å². The molecule has 14 rings (SSSR count). The average molecular weight is 1680 g/mol. The first-order valence-electron chi connectivity index (χ1n) is 38.7. The Morgan fingerprint density at radius 1 is 0.530 bits per heavy atom. The fraction of sp³-hybridized carbons (Fsp3) is 0.410. The van der Waals surface area contributed by atoms with Crippen LogP contribution in [-0.2, 0) is 33.6 Å². The molecule has 4 aromatic heterocycles. The van der Waals surface area contributed by atoms with Gasteiger partial charge in [-0.25, -0.2) is 0 Å². The number of amides is 9. The third kappa shape index (κ3) is 19.8. The number of ether oxygens (including phenoxy) is 2. The van der Waals surface area contributed by atoms with Gasteiger partial charge in [-0.1, -0.05) is 131 Å². The Morgan fingerprint density at radius 2 is 0.915 bits per heavy atom. The molecule has 4 aromatic carbocycles. The van der Waals surface area contributed by atoms with Gasteiger partial charge in [-0.3, -0.25) is 92.3 Å². The van der Waals surface area contributed by atoms with E-state index in [0.717, 1.165) is 140 Å². The number of primary amides is 1. The number of piperidine rings is 2. The number of nitrogens with zero attached hydrogens (tertiary/aromatic N) is 10. The van der Waals surface area contributed by atoms with Crippen molar-refractivity contribution in [1.82, 2.24) is 50.0 Å². The van der Waals surface area contributed by atoms with Crippen LogP contribution in [0.5, 0.6) is 11.5 Å². The smallest absolute Gasteiger partial charge is 0.470 e. The molecule has 27 nitrogen and oxygen atoms in total. The number of aliphatic imine (C=N–C) groups is 2. The summed E-state index contributed by atoms with van der Waals surface area (Å²) >= 11 is 15.6. The van der Waals surface area contributed by atoms with Crippen molar-refractivity contribution in [2.24, 2.45) is 15.7 Å². The number of benzene rings is 4. The zero-order chi connectivity index (χ0) is 84.3. The second kappa shape index (κ2) is 38.4. The highest BCUT2D eigenvalue weighted by Gasteiger charge is 2.48. The second-order valence-electron chi connectivity index (χ2n) is 29.0. The van der Waals surface area contributed by atoms with E-state index < -0.39 is 83.6 Å². The van der Waals surface area contributed by atoms with Crippen molar-refractivity contribution >= 4 is 122 Å². The number of nitrogens with one attached hydrogen (secondary N) is 2. The molecule has 2 unspecified atom stereocenters. The topological polar surface area (TPSA) is 369 Å². The summed E-state index contributed by atoms with van der Waals surface area (Å²) in [6.07, 6.45) is 9.40. The Kier molecular flexibility index (Phi) is 28.5. The Bertz CT molecular complexity index is 5250. The average Bonchev–Trinajstić information content (AvgIpc) is 1.58. The molecule has 616 valence electrons. The SMILES string of the molecule is CCCCCCCCOc1cccc2c1C(=O)N(C1CCC(=O)NC1=O)C2=O.Cc1sc2c(c1C)C(c1ccc(Cl)cc1)=N[C@@H](CC(=O)CCCCCCCCCOc1cccc3c1C(=O)N(C1CCC(=O)NC1=O)C3=O)c1nnc(C)n1-2.Cc1sc2c(c1C)C(c1ccc(Cl)cc1)=N[C@@H](CC(=O)O)c1nnc(C)n1-2.NC(=O)C(F)(F)F. The predicted molar refractivity (Wildman–Crippen MR) is 431 cm³/mol. The lowest BCUT2D eigenvalue weighted by atomic mass is 9.99. The zero-order valence-corrected chi connectivity index (χ0v) is 68.6. The predicted octanol–water partition coefficient (Wildman–Crippen LogP) is 14.5. The van der Waals surface area contributed by atoms with Crippen LogP contribution in [0.4, 0.5) is 13.2 Å². The fourth-order valence-electron chi connectivity index (χ4n) is 14.5. The molecule has 0 radical (unpaired) electrons. The number of thiophene rings is 2. The van der Waals surface area contributed by atoms with Gasteiger partial charge in [-0.15, -0.1) is 43.1 Å². The summed E-state index contributed by atoms with van der Waals surface area (Å²) in [5.41, 5.74) is 12.4. The molecular formula is C83H88Cl2F3N13O14S2. The molecule has 5 N–H and O–H groups in total. The number of hydrogen-bond donors (Lipinski definition) is 4. The van der Waals surface area contributed by atoms with Crippen LogP contribution in [0.15, 0.2) is 94.9 Å². The molecule has 0 spiro atoms. The van der Waals surface area contributed by atoms with Crippen molar-refractivity contribution in [3.05, 3.63) is 184 Å². The van der Waals surface area contributed by atoms with E-state index in [4.69, 9.17) is 47.5 Å². The molecule has 34 heteroatoms. The Morgan fingerprint density at radius 3 is 1.30 bits per heavy atom. The van der Waals surface area contributed by atoms with E-state index in [1.54, 1.807) is 59.1 Å².